The molecule has 0 aliphatic carbocycles. The molecule has 0 spiro atoms. The van der Waals surface area contributed by atoms with Crippen LogP contribution in [0, 0.1) is 0 Å². The predicted octanol–water partition coefficient (Wildman–Crippen LogP) is 3.14. The highest BCUT2D eigenvalue weighted by molar-refractivity contribution is 7.89. The Kier molecular flexibility index (Phi) is 5.80. The molecule has 1 N–H and O–H groups in total. The van der Waals surface area contributed by atoms with Gasteiger partial charge in [-0.15, -0.1) is 0 Å². The summed E-state index contributed by atoms with van der Waals surface area (Å²) in [4.78, 5) is 12.1. The van der Waals surface area contributed by atoms with Gasteiger partial charge in [0, 0.05) is 23.8 Å². The van der Waals surface area contributed by atoms with Crippen molar-refractivity contribution in [2.45, 2.75) is 17.7 Å². The maximum absolute atomic E-state index is 12.5. The Bertz CT molecular complexity index is 861. The fourth-order valence-corrected chi connectivity index (χ4v) is 4.31. The van der Waals surface area contributed by atoms with Crippen LogP contribution in [-0.4, -0.2) is 38.3 Å². The Balaban J connectivity index is 1.55. The van der Waals surface area contributed by atoms with Crippen molar-refractivity contribution < 1.29 is 17.9 Å². The molecule has 8 heteroatoms. The quantitative estimate of drug-likeness (QED) is 0.816. The van der Waals surface area contributed by atoms with Crippen molar-refractivity contribution in [3.63, 3.8) is 0 Å². The number of anilines is 1. The van der Waals surface area contributed by atoms with Crippen molar-refractivity contribution in [2.75, 3.05) is 25.0 Å². The van der Waals surface area contributed by atoms with Crippen molar-refractivity contribution in [2.24, 2.45) is 0 Å². The molecule has 1 heterocycles. The summed E-state index contributed by atoms with van der Waals surface area (Å²) in [6, 6.07) is 12.9. The lowest BCUT2D eigenvalue weighted by Gasteiger charge is -2.15. The van der Waals surface area contributed by atoms with Gasteiger partial charge in [-0.05, 0) is 61.4 Å². The number of sulfonamides is 1. The number of rotatable bonds is 6. The minimum absolute atomic E-state index is 0.180. The first kappa shape index (κ1) is 18.7. The normalized spacial score (nSPS) is 15.0. The van der Waals surface area contributed by atoms with Gasteiger partial charge in [-0.2, -0.15) is 4.31 Å². The summed E-state index contributed by atoms with van der Waals surface area (Å²) in [5, 5.41) is 3.27. The van der Waals surface area contributed by atoms with Crippen LogP contribution in [0.25, 0.3) is 0 Å². The average molecular weight is 395 g/mol. The highest BCUT2D eigenvalue weighted by Crippen LogP contribution is 2.23. The standard InChI is InChI=1S/C18H19ClN2O4S/c19-14-3-5-15(6-4-14)20-18(22)13-25-16-7-9-17(10-8-16)26(23,24)21-11-1-2-12-21/h3-10H,1-2,11-13H2,(H,20,22). The molecule has 1 amide bonds. The smallest absolute Gasteiger partial charge is 0.262 e. The van der Waals surface area contributed by atoms with Gasteiger partial charge in [0.1, 0.15) is 5.75 Å². The summed E-state index contributed by atoms with van der Waals surface area (Å²) in [6.45, 7) is 0.942. The minimum Gasteiger partial charge on any atom is -0.484 e. The monoisotopic (exact) mass is 394 g/mol. The van der Waals surface area contributed by atoms with Crippen LogP contribution in [0.3, 0.4) is 0 Å². The summed E-state index contributed by atoms with van der Waals surface area (Å²) < 4.78 is 31.8. The van der Waals surface area contributed by atoms with Gasteiger partial charge in [-0.3, -0.25) is 4.79 Å². The molecule has 0 bridgehead atoms. The minimum atomic E-state index is -3.44. The third-order valence-electron chi connectivity index (χ3n) is 4.02. The molecule has 1 saturated heterocycles. The van der Waals surface area contributed by atoms with E-state index in [1.807, 2.05) is 0 Å². The second kappa shape index (κ2) is 8.07. The van der Waals surface area contributed by atoms with Crippen LogP contribution in [0.15, 0.2) is 53.4 Å². The SMILES string of the molecule is O=C(COc1ccc(S(=O)(=O)N2CCCC2)cc1)Nc1ccc(Cl)cc1. The highest BCUT2D eigenvalue weighted by Gasteiger charge is 2.26. The summed E-state index contributed by atoms with van der Waals surface area (Å²) in [7, 11) is -3.44. The first-order chi connectivity index (χ1) is 12.4. The number of hydrogen-bond donors (Lipinski definition) is 1. The van der Waals surface area contributed by atoms with Crippen LogP contribution in [0.1, 0.15) is 12.8 Å². The van der Waals surface area contributed by atoms with Crippen LogP contribution >= 0.6 is 11.6 Å². The molecule has 26 heavy (non-hydrogen) atoms. The van der Waals surface area contributed by atoms with Gasteiger partial charge < -0.3 is 10.1 Å². The van der Waals surface area contributed by atoms with Crippen LogP contribution in [-0.2, 0) is 14.8 Å². The van der Waals surface area contributed by atoms with Crippen molar-refractivity contribution in [3.8, 4) is 5.75 Å². The third-order valence-corrected chi connectivity index (χ3v) is 6.19. The molecule has 0 radical (unpaired) electrons. The summed E-state index contributed by atoms with van der Waals surface area (Å²) >= 11 is 5.79. The fraction of sp³-hybridized carbons (Fsp3) is 0.278. The Morgan fingerprint density at radius 2 is 1.65 bits per heavy atom. The lowest BCUT2D eigenvalue weighted by atomic mass is 10.3. The number of carbonyl (C=O) groups is 1. The van der Waals surface area contributed by atoms with E-state index in [2.05, 4.69) is 5.32 Å². The number of carbonyl (C=O) groups excluding carboxylic acids is 1. The maximum Gasteiger partial charge on any atom is 0.262 e. The molecule has 3 rings (SSSR count). The molecule has 1 fully saturated rings. The Morgan fingerprint density at radius 3 is 2.27 bits per heavy atom. The topological polar surface area (TPSA) is 75.7 Å². The molecule has 6 nitrogen and oxygen atoms in total. The zero-order chi connectivity index (χ0) is 18.6. The first-order valence-electron chi connectivity index (χ1n) is 8.23. The third kappa shape index (κ3) is 4.55. The van der Waals surface area contributed by atoms with Gasteiger partial charge in [-0.1, -0.05) is 11.6 Å². The summed E-state index contributed by atoms with van der Waals surface area (Å²) in [5.41, 5.74) is 0.620. The van der Waals surface area contributed by atoms with E-state index in [0.29, 0.717) is 29.5 Å². The second-order valence-electron chi connectivity index (χ2n) is 5.93. The van der Waals surface area contributed by atoms with Gasteiger partial charge in [0.25, 0.3) is 5.91 Å². The van der Waals surface area contributed by atoms with Gasteiger partial charge in [0.05, 0.1) is 4.90 Å². The van der Waals surface area contributed by atoms with Crippen LogP contribution in [0.2, 0.25) is 5.02 Å². The molecule has 0 unspecified atom stereocenters. The Labute approximate surface area is 157 Å². The Hall–Kier alpha value is -2.09. The molecule has 1 aliphatic rings. The molecule has 2 aromatic rings. The van der Waals surface area contributed by atoms with Crippen molar-refractivity contribution >= 4 is 33.2 Å². The lowest BCUT2D eigenvalue weighted by Crippen LogP contribution is -2.27. The Morgan fingerprint density at radius 1 is 1.04 bits per heavy atom. The fourth-order valence-electron chi connectivity index (χ4n) is 2.66. The number of nitrogens with zero attached hydrogens (tertiary/aromatic N) is 1. The first-order valence-corrected chi connectivity index (χ1v) is 10.1. The molecule has 0 atom stereocenters. The molecular weight excluding hydrogens is 376 g/mol. The highest BCUT2D eigenvalue weighted by atomic mass is 35.5. The van der Waals surface area contributed by atoms with E-state index in [0.717, 1.165) is 12.8 Å². The van der Waals surface area contributed by atoms with Crippen molar-refractivity contribution in [1.82, 2.24) is 4.31 Å². The number of ether oxygens (including phenoxy) is 1. The zero-order valence-corrected chi connectivity index (χ0v) is 15.6. The van der Waals surface area contributed by atoms with Crippen LogP contribution in [0.4, 0.5) is 5.69 Å². The maximum atomic E-state index is 12.5. The van der Waals surface area contributed by atoms with E-state index < -0.39 is 10.0 Å². The number of amides is 1. The van der Waals surface area contributed by atoms with E-state index in [-0.39, 0.29) is 17.4 Å². The van der Waals surface area contributed by atoms with Gasteiger partial charge in [0.2, 0.25) is 10.0 Å². The average Bonchev–Trinajstić information content (AvgIpc) is 3.18. The summed E-state index contributed by atoms with van der Waals surface area (Å²) in [5.74, 6) is 0.109. The van der Waals surface area contributed by atoms with Crippen molar-refractivity contribution in [1.29, 1.82) is 0 Å². The number of halogens is 1. The van der Waals surface area contributed by atoms with E-state index in [1.165, 1.54) is 16.4 Å². The number of nitrogens with one attached hydrogen (secondary N) is 1. The molecule has 0 aromatic heterocycles. The van der Waals surface area contributed by atoms with E-state index in [4.69, 9.17) is 16.3 Å². The van der Waals surface area contributed by atoms with Gasteiger partial charge >= 0.3 is 0 Å². The lowest BCUT2D eigenvalue weighted by molar-refractivity contribution is -0.118. The van der Waals surface area contributed by atoms with E-state index in [9.17, 15) is 13.2 Å². The number of hydrogen-bond acceptors (Lipinski definition) is 4. The number of benzene rings is 2. The van der Waals surface area contributed by atoms with Crippen LogP contribution < -0.4 is 10.1 Å². The van der Waals surface area contributed by atoms with Crippen molar-refractivity contribution in [3.05, 3.63) is 53.6 Å². The molecule has 1 aliphatic heterocycles. The molecule has 0 saturated carbocycles. The largest absolute Gasteiger partial charge is 0.484 e. The van der Waals surface area contributed by atoms with Crippen LogP contribution in [0.5, 0.6) is 5.75 Å². The molecular formula is C18H19ClN2O4S. The predicted molar refractivity (Wildman–Crippen MR) is 100 cm³/mol. The zero-order valence-electron chi connectivity index (χ0n) is 14.0. The second-order valence-corrected chi connectivity index (χ2v) is 8.30. The summed E-state index contributed by atoms with van der Waals surface area (Å²) in [6.07, 6.45) is 1.78. The van der Waals surface area contributed by atoms with Gasteiger partial charge in [-0.25, -0.2) is 8.42 Å². The molecule has 138 valence electrons. The molecule has 2 aromatic carbocycles. The van der Waals surface area contributed by atoms with E-state index in [1.54, 1.807) is 36.4 Å². The van der Waals surface area contributed by atoms with Gasteiger partial charge in [0.15, 0.2) is 6.61 Å². The van der Waals surface area contributed by atoms with E-state index >= 15 is 0 Å².